The van der Waals surface area contributed by atoms with Crippen LogP contribution in [0.25, 0.3) is 0 Å². The highest BCUT2D eigenvalue weighted by Gasteiger charge is 2.36. The van der Waals surface area contributed by atoms with Crippen molar-refractivity contribution in [1.29, 1.82) is 0 Å². The van der Waals surface area contributed by atoms with Crippen LogP contribution in [-0.2, 0) is 0 Å². The predicted molar refractivity (Wildman–Crippen MR) is 40.9 cm³/mol. The lowest BCUT2D eigenvalue weighted by Crippen LogP contribution is -2.38. The van der Waals surface area contributed by atoms with E-state index in [-0.39, 0.29) is 18.9 Å². The van der Waals surface area contributed by atoms with Crippen molar-refractivity contribution in [1.82, 2.24) is 4.90 Å². The average molecular weight is 163 g/mol. The van der Waals surface area contributed by atoms with Crippen LogP contribution in [0, 0.1) is 0 Å². The maximum Gasteiger partial charge on any atom is 0.249 e. The summed E-state index contributed by atoms with van der Waals surface area (Å²) in [5.41, 5.74) is 0. The average Bonchev–Trinajstić information content (AvgIpc) is 1.85. The van der Waals surface area contributed by atoms with Gasteiger partial charge in [0.15, 0.2) is 0 Å². The predicted octanol–water partition coefficient (Wildman–Crippen LogP) is 2.13. The molecule has 0 aromatic rings. The zero-order valence-electron chi connectivity index (χ0n) is 7.11. The molecule has 0 N–H and O–H groups in total. The van der Waals surface area contributed by atoms with Gasteiger partial charge in [0.1, 0.15) is 0 Å². The van der Waals surface area contributed by atoms with E-state index in [4.69, 9.17) is 0 Å². The molecule has 1 aliphatic rings. The Labute approximate surface area is 66.4 Å². The van der Waals surface area contributed by atoms with E-state index >= 15 is 0 Å². The minimum absolute atomic E-state index is 0.0417. The topological polar surface area (TPSA) is 3.24 Å². The van der Waals surface area contributed by atoms with Gasteiger partial charge >= 0.3 is 0 Å². The molecular weight excluding hydrogens is 148 g/mol. The number of halogens is 2. The Morgan fingerprint density at radius 2 is 2.00 bits per heavy atom. The molecular formula is C8H15F2N. The Morgan fingerprint density at radius 1 is 1.36 bits per heavy atom. The van der Waals surface area contributed by atoms with Crippen molar-refractivity contribution >= 4 is 0 Å². The van der Waals surface area contributed by atoms with Gasteiger partial charge in [-0.1, -0.05) is 0 Å². The summed E-state index contributed by atoms with van der Waals surface area (Å²) in [6, 6.07) is 0.0822. The third kappa shape index (κ3) is 2.40. The molecule has 0 saturated heterocycles. The van der Waals surface area contributed by atoms with Crippen LogP contribution >= 0.6 is 0 Å². The van der Waals surface area contributed by atoms with Crippen molar-refractivity contribution in [2.45, 2.75) is 37.6 Å². The summed E-state index contributed by atoms with van der Waals surface area (Å²) in [6.07, 6.45) is 1.70. The van der Waals surface area contributed by atoms with E-state index in [1.807, 2.05) is 19.0 Å². The van der Waals surface area contributed by atoms with Gasteiger partial charge in [0, 0.05) is 18.9 Å². The second kappa shape index (κ2) is 3.05. The summed E-state index contributed by atoms with van der Waals surface area (Å²) in [5, 5.41) is 0. The summed E-state index contributed by atoms with van der Waals surface area (Å²) in [7, 11) is 3.73. The minimum atomic E-state index is -2.41. The Morgan fingerprint density at radius 3 is 2.36 bits per heavy atom. The van der Waals surface area contributed by atoms with E-state index in [9.17, 15) is 8.78 Å². The summed E-state index contributed by atoms with van der Waals surface area (Å²) in [6.45, 7) is 0. The van der Waals surface area contributed by atoms with Crippen LogP contribution < -0.4 is 0 Å². The van der Waals surface area contributed by atoms with Gasteiger partial charge in [-0.3, -0.25) is 0 Å². The van der Waals surface area contributed by atoms with E-state index in [1.54, 1.807) is 0 Å². The Bertz CT molecular complexity index is 134. The summed E-state index contributed by atoms with van der Waals surface area (Å²) >= 11 is 0. The molecule has 11 heavy (non-hydrogen) atoms. The fourth-order valence-electron chi connectivity index (χ4n) is 1.59. The monoisotopic (exact) mass is 163 g/mol. The van der Waals surface area contributed by atoms with Crippen molar-refractivity contribution in [2.75, 3.05) is 14.1 Å². The zero-order chi connectivity index (χ0) is 8.48. The van der Waals surface area contributed by atoms with E-state index in [0.29, 0.717) is 6.42 Å². The molecule has 0 aliphatic heterocycles. The van der Waals surface area contributed by atoms with Gasteiger partial charge in [-0.2, -0.15) is 0 Å². The van der Waals surface area contributed by atoms with Gasteiger partial charge in [-0.05, 0) is 26.9 Å². The lowest BCUT2D eigenvalue weighted by Gasteiger charge is -2.32. The molecule has 1 nitrogen and oxygen atoms in total. The van der Waals surface area contributed by atoms with E-state index in [0.717, 1.165) is 6.42 Å². The quantitative estimate of drug-likeness (QED) is 0.572. The maximum atomic E-state index is 12.8. The lowest BCUT2D eigenvalue weighted by atomic mass is 9.91. The molecule has 1 aliphatic carbocycles. The molecule has 66 valence electrons. The number of rotatable bonds is 1. The molecule has 0 radical (unpaired) electrons. The molecule has 1 atom stereocenters. The summed E-state index contributed by atoms with van der Waals surface area (Å²) in [5.74, 6) is -2.41. The fraction of sp³-hybridized carbons (Fsp3) is 1.00. The molecule has 0 bridgehead atoms. The van der Waals surface area contributed by atoms with Crippen LogP contribution in [0.1, 0.15) is 25.7 Å². The smallest absolute Gasteiger partial charge is 0.249 e. The molecule has 0 heterocycles. The Kier molecular flexibility index (Phi) is 2.47. The van der Waals surface area contributed by atoms with Crippen LogP contribution in [0.4, 0.5) is 8.78 Å². The zero-order valence-corrected chi connectivity index (χ0v) is 7.11. The highest BCUT2D eigenvalue weighted by atomic mass is 19.3. The van der Waals surface area contributed by atoms with Gasteiger partial charge < -0.3 is 4.90 Å². The van der Waals surface area contributed by atoms with Crippen LogP contribution in [0.15, 0.2) is 0 Å². The number of alkyl halides is 2. The fourth-order valence-corrected chi connectivity index (χ4v) is 1.59. The van der Waals surface area contributed by atoms with Gasteiger partial charge in [0.05, 0.1) is 0 Å². The molecule has 3 heteroatoms. The summed E-state index contributed by atoms with van der Waals surface area (Å²) < 4.78 is 25.6. The van der Waals surface area contributed by atoms with Gasteiger partial charge in [0.2, 0.25) is 5.92 Å². The molecule has 1 saturated carbocycles. The van der Waals surface area contributed by atoms with Gasteiger partial charge in [-0.25, -0.2) is 8.78 Å². The van der Waals surface area contributed by atoms with E-state index in [2.05, 4.69) is 0 Å². The van der Waals surface area contributed by atoms with Crippen molar-refractivity contribution in [3.8, 4) is 0 Å². The third-order valence-electron chi connectivity index (χ3n) is 2.34. The molecule has 0 aromatic carbocycles. The van der Waals surface area contributed by atoms with Crippen molar-refractivity contribution in [3.63, 3.8) is 0 Å². The molecule has 0 amide bonds. The first-order valence-corrected chi connectivity index (χ1v) is 4.05. The SMILES string of the molecule is CN(C)[C@@H]1CCCC(F)(F)C1. The number of hydrogen-bond donors (Lipinski definition) is 0. The van der Waals surface area contributed by atoms with Gasteiger partial charge in [0.25, 0.3) is 0 Å². The number of hydrogen-bond acceptors (Lipinski definition) is 1. The van der Waals surface area contributed by atoms with Crippen LogP contribution in [0.5, 0.6) is 0 Å². The van der Waals surface area contributed by atoms with E-state index < -0.39 is 5.92 Å². The second-order valence-electron chi connectivity index (χ2n) is 3.57. The maximum absolute atomic E-state index is 12.8. The third-order valence-corrected chi connectivity index (χ3v) is 2.34. The normalized spacial score (nSPS) is 30.8. The first-order valence-electron chi connectivity index (χ1n) is 4.05. The largest absolute Gasteiger partial charge is 0.306 e. The Hall–Kier alpha value is -0.180. The molecule has 1 fully saturated rings. The minimum Gasteiger partial charge on any atom is -0.306 e. The molecule has 1 rings (SSSR count). The van der Waals surface area contributed by atoms with Crippen molar-refractivity contribution in [3.05, 3.63) is 0 Å². The molecule has 0 aromatic heterocycles. The van der Waals surface area contributed by atoms with Crippen LogP contribution in [-0.4, -0.2) is 31.0 Å². The Balaban J connectivity index is 2.46. The first-order chi connectivity index (χ1) is 5.01. The highest BCUT2D eigenvalue weighted by Crippen LogP contribution is 2.34. The molecule has 0 spiro atoms. The first kappa shape index (κ1) is 8.91. The number of nitrogens with zero attached hydrogens (tertiary/aromatic N) is 1. The lowest BCUT2D eigenvalue weighted by molar-refractivity contribution is -0.0572. The van der Waals surface area contributed by atoms with Crippen molar-refractivity contribution in [2.24, 2.45) is 0 Å². The highest BCUT2D eigenvalue weighted by molar-refractivity contribution is 4.82. The second-order valence-corrected chi connectivity index (χ2v) is 3.57. The van der Waals surface area contributed by atoms with Gasteiger partial charge in [-0.15, -0.1) is 0 Å². The van der Waals surface area contributed by atoms with E-state index in [1.165, 1.54) is 0 Å². The van der Waals surface area contributed by atoms with Crippen molar-refractivity contribution < 1.29 is 8.78 Å². The molecule has 0 unspecified atom stereocenters. The summed E-state index contributed by atoms with van der Waals surface area (Å²) in [4.78, 5) is 1.90. The van der Waals surface area contributed by atoms with Crippen LogP contribution in [0.3, 0.4) is 0 Å². The standard InChI is InChI=1S/C8H15F2N/c1-11(2)7-4-3-5-8(9,10)6-7/h7H,3-6H2,1-2H3/t7-/m1/s1. The van der Waals surface area contributed by atoms with Crippen LogP contribution in [0.2, 0.25) is 0 Å².